The molecule has 0 N–H and O–H groups in total. The van der Waals surface area contributed by atoms with Gasteiger partial charge in [-0.05, 0) is 42.1 Å². The Morgan fingerprint density at radius 1 is 0.735 bits per heavy atom. The normalized spacial score (nSPS) is 9.97. The van der Waals surface area contributed by atoms with E-state index in [1.807, 2.05) is 67.6 Å². The maximum absolute atomic E-state index is 13.8. The van der Waals surface area contributed by atoms with Crippen LogP contribution in [0.3, 0.4) is 0 Å². The number of hydrogen-bond donors (Lipinski definition) is 0. The van der Waals surface area contributed by atoms with Crippen LogP contribution in [0.1, 0.15) is 5.56 Å². The van der Waals surface area contributed by atoms with Gasteiger partial charge in [-0.15, -0.1) is 48.0 Å². The smallest absolute Gasteiger partial charge is 0.0719 e. The minimum absolute atomic E-state index is 0. The number of halogens is 2. The largest absolute Gasteiger partial charge is 0.305 e. The van der Waals surface area contributed by atoms with Gasteiger partial charge in [0.15, 0.2) is 0 Å². The van der Waals surface area contributed by atoms with E-state index in [9.17, 15) is 8.78 Å². The van der Waals surface area contributed by atoms with Crippen molar-refractivity contribution in [1.82, 2.24) is 15.0 Å². The molecule has 34 heavy (non-hydrogen) atoms. The van der Waals surface area contributed by atoms with Crippen molar-refractivity contribution in [3.8, 4) is 33.8 Å². The summed E-state index contributed by atoms with van der Waals surface area (Å²) >= 11 is 0. The molecule has 3 nitrogen and oxygen atoms in total. The van der Waals surface area contributed by atoms with E-state index in [4.69, 9.17) is 0 Å². The molecule has 0 saturated heterocycles. The molecule has 0 spiro atoms. The molecule has 5 aromatic rings. The molecule has 0 atom stereocenters. The molecule has 0 amide bonds. The van der Waals surface area contributed by atoms with Crippen LogP contribution in [-0.2, 0) is 20.1 Å². The molecule has 2 aromatic carbocycles. The summed E-state index contributed by atoms with van der Waals surface area (Å²) in [6, 6.07) is 28.7. The summed E-state index contributed by atoms with van der Waals surface area (Å²) in [7, 11) is 0. The van der Waals surface area contributed by atoms with Gasteiger partial charge in [0.25, 0.3) is 0 Å². The Hall–Kier alpha value is -3.60. The van der Waals surface area contributed by atoms with Crippen LogP contribution in [0, 0.1) is 30.7 Å². The van der Waals surface area contributed by atoms with Crippen LogP contribution in [0.25, 0.3) is 33.8 Å². The molecular formula is C28H19F2IrN3-2. The third-order valence-corrected chi connectivity index (χ3v) is 4.82. The molecule has 0 fully saturated rings. The minimum atomic E-state index is -0.674. The van der Waals surface area contributed by atoms with E-state index in [0.29, 0.717) is 5.69 Å². The molecule has 0 aliphatic heterocycles. The predicted octanol–water partition coefficient (Wildman–Crippen LogP) is 6.74. The summed E-state index contributed by atoms with van der Waals surface area (Å²) in [5.74, 6) is -1.33. The first-order chi connectivity index (χ1) is 16.1. The van der Waals surface area contributed by atoms with Crippen molar-refractivity contribution in [3.05, 3.63) is 127 Å². The average Bonchev–Trinajstić information content (AvgIpc) is 2.86. The van der Waals surface area contributed by atoms with Crippen LogP contribution in [-0.4, -0.2) is 15.0 Å². The Morgan fingerprint density at radius 2 is 1.44 bits per heavy atom. The number of rotatable bonds is 3. The van der Waals surface area contributed by atoms with Gasteiger partial charge in [-0.25, -0.2) is 0 Å². The van der Waals surface area contributed by atoms with Crippen molar-refractivity contribution in [2.75, 3.05) is 0 Å². The van der Waals surface area contributed by atoms with Gasteiger partial charge in [0.1, 0.15) is 0 Å². The van der Waals surface area contributed by atoms with Crippen molar-refractivity contribution in [3.63, 3.8) is 0 Å². The van der Waals surface area contributed by atoms with Crippen LogP contribution < -0.4 is 0 Å². The first-order valence-electron chi connectivity index (χ1n) is 10.2. The SMILES string of the molecule is Cc1cc(-c2[c-]cc(F)cc2F)ncc1-c1ccccn1.[Ir].[c-]1ccccc1-c1ccccn1. The maximum atomic E-state index is 13.8. The van der Waals surface area contributed by atoms with E-state index in [1.165, 1.54) is 0 Å². The number of aromatic nitrogens is 3. The minimum Gasteiger partial charge on any atom is -0.305 e. The quantitative estimate of drug-likeness (QED) is 0.208. The van der Waals surface area contributed by atoms with E-state index < -0.39 is 11.6 Å². The topological polar surface area (TPSA) is 38.7 Å². The Kier molecular flexibility index (Phi) is 8.86. The van der Waals surface area contributed by atoms with Gasteiger partial charge >= 0.3 is 0 Å². The molecule has 5 rings (SSSR count). The van der Waals surface area contributed by atoms with Crippen molar-refractivity contribution < 1.29 is 28.9 Å². The van der Waals surface area contributed by atoms with E-state index in [-0.39, 0.29) is 25.7 Å². The average molecular weight is 628 g/mol. The van der Waals surface area contributed by atoms with Gasteiger partial charge < -0.3 is 9.97 Å². The van der Waals surface area contributed by atoms with Crippen LogP contribution in [0.2, 0.25) is 0 Å². The van der Waals surface area contributed by atoms with Gasteiger partial charge in [-0.1, -0.05) is 35.9 Å². The van der Waals surface area contributed by atoms with Crippen molar-refractivity contribution in [2.24, 2.45) is 0 Å². The Bertz CT molecular complexity index is 1290. The summed E-state index contributed by atoms with van der Waals surface area (Å²) < 4.78 is 26.7. The zero-order valence-corrected chi connectivity index (χ0v) is 20.6. The molecule has 0 aliphatic carbocycles. The molecule has 171 valence electrons. The Morgan fingerprint density at radius 3 is 2.03 bits per heavy atom. The van der Waals surface area contributed by atoms with E-state index in [2.05, 4.69) is 27.1 Å². The summed E-state index contributed by atoms with van der Waals surface area (Å²) in [6.45, 7) is 1.90. The number of aryl methyl sites for hydroxylation is 1. The third-order valence-electron chi connectivity index (χ3n) is 4.82. The van der Waals surface area contributed by atoms with E-state index in [1.54, 1.807) is 24.7 Å². The van der Waals surface area contributed by atoms with Gasteiger partial charge in [-0.3, -0.25) is 13.8 Å². The van der Waals surface area contributed by atoms with Crippen LogP contribution in [0.15, 0.2) is 97.5 Å². The summed E-state index contributed by atoms with van der Waals surface area (Å²) in [5.41, 5.74) is 5.18. The second-order valence-electron chi connectivity index (χ2n) is 7.13. The van der Waals surface area contributed by atoms with Crippen LogP contribution in [0.5, 0.6) is 0 Å². The monoisotopic (exact) mass is 628 g/mol. The number of pyridine rings is 3. The molecule has 0 bridgehead atoms. The number of hydrogen-bond acceptors (Lipinski definition) is 3. The van der Waals surface area contributed by atoms with E-state index >= 15 is 0 Å². The number of benzene rings is 2. The molecular weight excluding hydrogens is 609 g/mol. The fourth-order valence-corrected chi connectivity index (χ4v) is 3.20. The zero-order valence-electron chi connectivity index (χ0n) is 18.2. The molecule has 3 heterocycles. The summed E-state index contributed by atoms with van der Waals surface area (Å²) in [6.07, 6.45) is 5.13. The van der Waals surface area contributed by atoms with Crippen molar-refractivity contribution in [1.29, 1.82) is 0 Å². The third kappa shape index (κ3) is 6.25. The predicted molar refractivity (Wildman–Crippen MR) is 125 cm³/mol. The second-order valence-corrected chi connectivity index (χ2v) is 7.13. The van der Waals surface area contributed by atoms with E-state index in [0.717, 1.165) is 40.2 Å². The first kappa shape index (κ1) is 25.0. The fraction of sp³-hybridized carbons (Fsp3) is 0.0357. The molecule has 0 unspecified atom stereocenters. The maximum Gasteiger partial charge on any atom is 0.0719 e. The van der Waals surface area contributed by atoms with Gasteiger partial charge in [0.2, 0.25) is 0 Å². The Balaban J connectivity index is 0.000000212. The van der Waals surface area contributed by atoms with Crippen molar-refractivity contribution >= 4 is 0 Å². The Labute approximate surface area is 210 Å². The van der Waals surface area contributed by atoms with Crippen molar-refractivity contribution in [2.45, 2.75) is 6.92 Å². The zero-order chi connectivity index (χ0) is 23.0. The van der Waals surface area contributed by atoms with Gasteiger partial charge in [0, 0.05) is 55.9 Å². The fourth-order valence-electron chi connectivity index (χ4n) is 3.20. The molecule has 0 saturated carbocycles. The van der Waals surface area contributed by atoms with Crippen LogP contribution in [0.4, 0.5) is 8.78 Å². The summed E-state index contributed by atoms with van der Waals surface area (Å²) in [4.78, 5) is 12.7. The van der Waals surface area contributed by atoms with Crippen LogP contribution >= 0.6 is 0 Å². The summed E-state index contributed by atoms with van der Waals surface area (Å²) in [5, 5.41) is 0. The van der Waals surface area contributed by atoms with Gasteiger partial charge in [-0.2, -0.15) is 0 Å². The standard InChI is InChI=1S/C17H11F2N2.C11H8N.Ir/c1-11-8-17(13-6-5-12(18)9-15(13)19)21-10-14(11)16-4-2-3-7-20-16;1-2-6-10(7-3-1)11-8-4-5-9-12-11;/h2-5,7-10H,1H3;1-6,8-9H;/q2*-1;. The molecule has 3 aromatic heterocycles. The number of nitrogens with zero attached hydrogens (tertiary/aromatic N) is 3. The second kappa shape index (κ2) is 12.0. The molecule has 1 radical (unpaired) electrons. The molecule has 0 aliphatic rings. The first-order valence-corrected chi connectivity index (χ1v) is 10.2. The molecule has 6 heteroatoms. The van der Waals surface area contributed by atoms with Gasteiger partial charge in [0.05, 0.1) is 5.69 Å².